The van der Waals surface area contributed by atoms with Crippen molar-refractivity contribution in [3.63, 3.8) is 0 Å². The molecular weight excluding hydrogens is 270 g/mol. The number of aliphatic carboxylic acids is 1. The van der Waals surface area contributed by atoms with Crippen molar-refractivity contribution in [1.82, 2.24) is 4.90 Å². The molecule has 1 rings (SSSR count). The Labute approximate surface area is 117 Å². The highest BCUT2D eigenvalue weighted by molar-refractivity contribution is 6.30. The van der Waals surface area contributed by atoms with Gasteiger partial charge in [-0.25, -0.2) is 0 Å². The van der Waals surface area contributed by atoms with Crippen LogP contribution in [-0.2, 0) is 4.79 Å². The van der Waals surface area contributed by atoms with E-state index in [4.69, 9.17) is 26.6 Å². The van der Waals surface area contributed by atoms with Crippen molar-refractivity contribution in [2.45, 2.75) is 6.42 Å². The molecule has 0 saturated carbocycles. The lowest BCUT2D eigenvalue weighted by molar-refractivity contribution is -0.137. The van der Waals surface area contributed by atoms with E-state index in [9.17, 15) is 4.79 Å². The Morgan fingerprint density at radius 1 is 1.21 bits per heavy atom. The van der Waals surface area contributed by atoms with Crippen LogP contribution in [0.5, 0.6) is 5.75 Å². The Morgan fingerprint density at radius 2 is 1.89 bits per heavy atom. The van der Waals surface area contributed by atoms with Gasteiger partial charge < -0.3 is 14.9 Å². The molecule has 0 aromatic heterocycles. The number of halogens is 1. The molecule has 19 heavy (non-hydrogen) atoms. The van der Waals surface area contributed by atoms with Gasteiger partial charge in [-0.05, 0) is 24.3 Å². The summed E-state index contributed by atoms with van der Waals surface area (Å²) in [5, 5.41) is 18.2. The highest BCUT2D eigenvalue weighted by Gasteiger charge is 2.07. The number of ether oxygens (including phenoxy) is 1. The molecule has 1 aromatic rings. The normalized spacial score (nSPS) is 10.7. The van der Waals surface area contributed by atoms with E-state index < -0.39 is 5.97 Å². The van der Waals surface area contributed by atoms with Gasteiger partial charge in [-0.15, -0.1) is 0 Å². The minimum Gasteiger partial charge on any atom is -0.492 e. The first-order valence-electron chi connectivity index (χ1n) is 6.05. The number of aliphatic hydroxyl groups is 1. The molecule has 0 saturated heterocycles. The van der Waals surface area contributed by atoms with E-state index in [1.165, 1.54) is 0 Å². The summed E-state index contributed by atoms with van der Waals surface area (Å²) < 4.78 is 5.52. The minimum absolute atomic E-state index is 0.000559. The van der Waals surface area contributed by atoms with Gasteiger partial charge in [0.2, 0.25) is 0 Å². The summed E-state index contributed by atoms with van der Waals surface area (Å²) >= 11 is 5.76. The predicted octanol–water partition coefficient (Wildman–Crippen LogP) is 1.49. The molecule has 0 atom stereocenters. The Kier molecular flexibility index (Phi) is 7.25. The summed E-state index contributed by atoms with van der Waals surface area (Å²) in [6.07, 6.45) is 0.0565. The summed E-state index contributed by atoms with van der Waals surface area (Å²) in [7, 11) is 0. The summed E-state index contributed by atoms with van der Waals surface area (Å²) in [5.74, 6) is -0.131. The van der Waals surface area contributed by atoms with E-state index >= 15 is 0 Å². The number of carboxylic acids is 1. The molecule has 0 heterocycles. The first-order valence-corrected chi connectivity index (χ1v) is 6.43. The SMILES string of the molecule is O=C(O)CCN(CCO)CCOc1ccc(Cl)cc1. The number of carboxylic acid groups (broad SMARTS) is 1. The molecule has 0 radical (unpaired) electrons. The average Bonchev–Trinajstić information content (AvgIpc) is 2.38. The second kappa shape index (κ2) is 8.74. The van der Waals surface area contributed by atoms with Gasteiger partial charge in [-0.1, -0.05) is 11.6 Å². The van der Waals surface area contributed by atoms with Crippen LogP contribution in [0.15, 0.2) is 24.3 Å². The van der Waals surface area contributed by atoms with Gasteiger partial charge in [0, 0.05) is 24.7 Å². The first-order chi connectivity index (χ1) is 9.11. The van der Waals surface area contributed by atoms with Crippen molar-refractivity contribution >= 4 is 17.6 Å². The van der Waals surface area contributed by atoms with Crippen molar-refractivity contribution in [1.29, 1.82) is 0 Å². The second-order valence-electron chi connectivity index (χ2n) is 4.01. The quantitative estimate of drug-likeness (QED) is 0.720. The van der Waals surface area contributed by atoms with Crippen molar-refractivity contribution in [3.05, 3.63) is 29.3 Å². The average molecular weight is 288 g/mol. The zero-order chi connectivity index (χ0) is 14.1. The molecule has 0 aliphatic heterocycles. The molecule has 2 N–H and O–H groups in total. The third-order valence-electron chi connectivity index (χ3n) is 2.55. The summed E-state index contributed by atoms with van der Waals surface area (Å²) in [6.45, 7) is 1.84. The Hall–Kier alpha value is -1.30. The third kappa shape index (κ3) is 7.00. The fraction of sp³-hybridized carbons (Fsp3) is 0.462. The number of carbonyl (C=O) groups is 1. The van der Waals surface area contributed by atoms with E-state index in [0.29, 0.717) is 37.0 Å². The van der Waals surface area contributed by atoms with Crippen LogP contribution in [0.25, 0.3) is 0 Å². The van der Waals surface area contributed by atoms with Crippen molar-refractivity contribution < 1.29 is 19.7 Å². The molecule has 1 aromatic carbocycles. The van der Waals surface area contributed by atoms with E-state index in [1.54, 1.807) is 24.3 Å². The van der Waals surface area contributed by atoms with Crippen LogP contribution in [-0.4, -0.2) is 53.9 Å². The van der Waals surface area contributed by atoms with E-state index in [1.807, 2.05) is 4.90 Å². The number of benzene rings is 1. The standard InChI is InChI=1S/C13H18ClNO4/c14-11-1-3-12(4-2-11)19-10-8-15(7-9-16)6-5-13(17)18/h1-4,16H,5-10H2,(H,17,18). The van der Waals surface area contributed by atoms with Crippen LogP contribution >= 0.6 is 11.6 Å². The molecule has 0 aliphatic carbocycles. The zero-order valence-electron chi connectivity index (χ0n) is 10.6. The molecule has 0 spiro atoms. The molecule has 0 unspecified atom stereocenters. The molecule has 106 valence electrons. The molecule has 0 bridgehead atoms. The second-order valence-corrected chi connectivity index (χ2v) is 4.45. The lowest BCUT2D eigenvalue weighted by atomic mass is 10.3. The highest BCUT2D eigenvalue weighted by Crippen LogP contribution is 2.15. The van der Waals surface area contributed by atoms with E-state index in [-0.39, 0.29) is 13.0 Å². The Morgan fingerprint density at radius 3 is 2.47 bits per heavy atom. The van der Waals surface area contributed by atoms with Crippen LogP contribution in [0, 0.1) is 0 Å². The number of rotatable bonds is 9. The topological polar surface area (TPSA) is 70.0 Å². The van der Waals surface area contributed by atoms with Crippen LogP contribution < -0.4 is 4.74 Å². The molecule has 0 amide bonds. The minimum atomic E-state index is -0.846. The number of hydrogen-bond acceptors (Lipinski definition) is 4. The molecular formula is C13H18ClNO4. The van der Waals surface area contributed by atoms with Crippen LogP contribution in [0.4, 0.5) is 0 Å². The largest absolute Gasteiger partial charge is 0.492 e. The molecule has 0 fully saturated rings. The highest BCUT2D eigenvalue weighted by atomic mass is 35.5. The Balaban J connectivity index is 2.30. The summed E-state index contributed by atoms with van der Waals surface area (Å²) in [4.78, 5) is 12.4. The van der Waals surface area contributed by atoms with Gasteiger partial charge in [0.05, 0.1) is 13.0 Å². The number of aliphatic hydroxyl groups excluding tert-OH is 1. The van der Waals surface area contributed by atoms with Gasteiger partial charge in [0.25, 0.3) is 0 Å². The maximum Gasteiger partial charge on any atom is 0.304 e. The first kappa shape index (κ1) is 15.8. The maximum atomic E-state index is 10.5. The Bertz CT molecular complexity index is 383. The van der Waals surface area contributed by atoms with Crippen LogP contribution in [0.3, 0.4) is 0 Å². The van der Waals surface area contributed by atoms with E-state index in [2.05, 4.69) is 0 Å². The zero-order valence-corrected chi connectivity index (χ0v) is 11.3. The molecule has 5 nitrogen and oxygen atoms in total. The summed E-state index contributed by atoms with van der Waals surface area (Å²) in [6, 6.07) is 7.03. The van der Waals surface area contributed by atoms with Gasteiger partial charge >= 0.3 is 5.97 Å². The maximum absolute atomic E-state index is 10.5. The number of hydrogen-bond donors (Lipinski definition) is 2. The van der Waals surface area contributed by atoms with Gasteiger partial charge in [0.1, 0.15) is 12.4 Å². The van der Waals surface area contributed by atoms with Gasteiger partial charge in [0.15, 0.2) is 0 Å². The van der Waals surface area contributed by atoms with Crippen LogP contribution in [0.1, 0.15) is 6.42 Å². The fourth-order valence-corrected chi connectivity index (χ4v) is 1.68. The lowest BCUT2D eigenvalue weighted by Gasteiger charge is -2.20. The van der Waals surface area contributed by atoms with Crippen LogP contribution in [0.2, 0.25) is 5.02 Å². The smallest absolute Gasteiger partial charge is 0.304 e. The van der Waals surface area contributed by atoms with Gasteiger partial charge in [-0.3, -0.25) is 9.69 Å². The third-order valence-corrected chi connectivity index (χ3v) is 2.80. The predicted molar refractivity (Wildman–Crippen MR) is 72.7 cm³/mol. The molecule has 0 aliphatic rings. The number of nitrogens with zero attached hydrogens (tertiary/aromatic N) is 1. The monoisotopic (exact) mass is 287 g/mol. The fourth-order valence-electron chi connectivity index (χ4n) is 1.55. The van der Waals surface area contributed by atoms with Crippen molar-refractivity contribution in [2.75, 3.05) is 32.8 Å². The molecule has 6 heteroatoms. The lowest BCUT2D eigenvalue weighted by Crippen LogP contribution is -2.33. The van der Waals surface area contributed by atoms with Crippen molar-refractivity contribution in [2.24, 2.45) is 0 Å². The van der Waals surface area contributed by atoms with E-state index in [0.717, 1.165) is 0 Å². The van der Waals surface area contributed by atoms with Crippen molar-refractivity contribution in [3.8, 4) is 5.75 Å². The van der Waals surface area contributed by atoms with Gasteiger partial charge in [-0.2, -0.15) is 0 Å². The summed E-state index contributed by atoms with van der Waals surface area (Å²) in [5.41, 5.74) is 0.